The first-order valence-corrected chi connectivity index (χ1v) is 8.94. The molecule has 2 heterocycles. The summed E-state index contributed by atoms with van der Waals surface area (Å²) in [7, 11) is 0. The topological polar surface area (TPSA) is 79.6 Å². The van der Waals surface area contributed by atoms with Crippen LogP contribution in [0.5, 0.6) is 0 Å². The highest BCUT2D eigenvalue weighted by Crippen LogP contribution is 2.15. The van der Waals surface area contributed by atoms with Crippen LogP contribution in [0.2, 0.25) is 0 Å². The number of hydrogen-bond acceptors (Lipinski definition) is 4. The van der Waals surface area contributed by atoms with Crippen molar-refractivity contribution < 1.29 is 23.2 Å². The first-order valence-electron chi connectivity index (χ1n) is 8.94. The van der Waals surface area contributed by atoms with E-state index in [1.54, 1.807) is 17.0 Å². The fourth-order valence-corrected chi connectivity index (χ4v) is 3.14. The molecular weight excluding hydrogens is 351 g/mol. The van der Waals surface area contributed by atoms with Crippen molar-refractivity contribution in [2.45, 2.75) is 31.7 Å². The fraction of sp³-hybridized carbons (Fsp3) is 0.350. The van der Waals surface area contributed by atoms with Gasteiger partial charge in [-0.15, -0.1) is 0 Å². The second kappa shape index (κ2) is 8.62. The number of halogens is 1. The van der Waals surface area contributed by atoms with Gasteiger partial charge in [-0.2, -0.15) is 0 Å². The molecule has 6 nitrogen and oxygen atoms in total. The first kappa shape index (κ1) is 18.8. The summed E-state index contributed by atoms with van der Waals surface area (Å²) in [6, 6.07) is 8.40. The molecule has 0 saturated carbocycles. The molecule has 2 aromatic rings. The van der Waals surface area contributed by atoms with Crippen molar-refractivity contribution in [1.29, 1.82) is 0 Å². The monoisotopic (exact) mass is 372 g/mol. The van der Waals surface area contributed by atoms with Crippen LogP contribution in [0.3, 0.4) is 0 Å². The van der Waals surface area contributed by atoms with Crippen LogP contribution in [0.25, 0.3) is 0 Å². The van der Waals surface area contributed by atoms with E-state index < -0.39 is 5.82 Å². The number of Topliss-reactive ketones (excluding diaryl/α,β-unsaturated/α-hetero) is 1. The van der Waals surface area contributed by atoms with Crippen molar-refractivity contribution in [2.75, 3.05) is 13.1 Å². The Hall–Kier alpha value is -2.96. The van der Waals surface area contributed by atoms with Gasteiger partial charge in [0, 0.05) is 37.5 Å². The second-order valence-corrected chi connectivity index (χ2v) is 6.57. The Balaban J connectivity index is 1.46. The van der Waals surface area contributed by atoms with Crippen LogP contribution in [0.1, 0.15) is 46.6 Å². The van der Waals surface area contributed by atoms with Crippen molar-refractivity contribution >= 4 is 17.6 Å². The van der Waals surface area contributed by atoms with E-state index in [-0.39, 0.29) is 42.2 Å². The van der Waals surface area contributed by atoms with Gasteiger partial charge in [0.25, 0.3) is 5.91 Å². The molecule has 2 amide bonds. The highest BCUT2D eigenvalue weighted by molar-refractivity contribution is 5.98. The molecule has 142 valence electrons. The molecule has 0 bridgehead atoms. The maximum atomic E-state index is 12.9. The zero-order valence-electron chi connectivity index (χ0n) is 14.8. The number of benzene rings is 1. The van der Waals surface area contributed by atoms with Gasteiger partial charge < -0.3 is 14.6 Å². The normalized spacial score (nSPS) is 16.8. The maximum Gasteiger partial charge on any atom is 0.289 e. The number of piperidine rings is 1. The zero-order valence-corrected chi connectivity index (χ0v) is 14.8. The van der Waals surface area contributed by atoms with Crippen molar-refractivity contribution in [1.82, 2.24) is 10.2 Å². The molecule has 1 aliphatic rings. The summed E-state index contributed by atoms with van der Waals surface area (Å²) in [5.41, 5.74) is 0.386. The number of carbonyl (C=O) groups excluding carboxylic acids is 3. The van der Waals surface area contributed by atoms with Gasteiger partial charge in [-0.25, -0.2) is 4.39 Å². The molecule has 1 N–H and O–H groups in total. The summed E-state index contributed by atoms with van der Waals surface area (Å²) in [4.78, 5) is 38.2. The summed E-state index contributed by atoms with van der Waals surface area (Å²) < 4.78 is 18.0. The lowest BCUT2D eigenvalue weighted by atomic mass is 10.0. The Morgan fingerprint density at radius 1 is 1.15 bits per heavy atom. The zero-order chi connectivity index (χ0) is 19.2. The standard InChI is InChI=1S/C20H21FN2O4/c21-15-7-5-14(6-8-15)17(24)9-10-19(25)22-16-3-1-11-23(13-16)20(26)18-4-2-12-27-18/h2,4-8,12,16H,1,3,9-11,13H2,(H,22,25). The lowest BCUT2D eigenvalue weighted by molar-refractivity contribution is -0.122. The molecule has 1 aliphatic heterocycles. The lowest BCUT2D eigenvalue weighted by Crippen LogP contribution is -2.49. The average molecular weight is 372 g/mol. The van der Waals surface area contributed by atoms with Crippen molar-refractivity contribution in [3.8, 4) is 0 Å². The fourth-order valence-electron chi connectivity index (χ4n) is 3.14. The smallest absolute Gasteiger partial charge is 0.289 e. The van der Waals surface area contributed by atoms with Crippen LogP contribution in [0.15, 0.2) is 47.1 Å². The number of hydrogen-bond donors (Lipinski definition) is 1. The highest BCUT2D eigenvalue weighted by Gasteiger charge is 2.26. The van der Waals surface area contributed by atoms with E-state index in [2.05, 4.69) is 5.32 Å². The van der Waals surface area contributed by atoms with Crippen LogP contribution >= 0.6 is 0 Å². The van der Waals surface area contributed by atoms with Crippen molar-refractivity contribution in [3.05, 3.63) is 59.8 Å². The molecule has 1 aromatic carbocycles. The Morgan fingerprint density at radius 2 is 1.93 bits per heavy atom. The van der Waals surface area contributed by atoms with E-state index in [9.17, 15) is 18.8 Å². The minimum atomic E-state index is -0.407. The summed E-state index contributed by atoms with van der Waals surface area (Å²) in [6.45, 7) is 1.03. The maximum absolute atomic E-state index is 12.9. The van der Waals surface area contributed by atoms with Crippen molar-refractivity contribution in [2.24, 2.45) is 0 Å². The molecule has 1 fully saturated rings. The molecule has 0 aliphatic carbocycles. The molecule has 1 unspecified atom stereocenters. The molecule has 27 heavy (non-hydrogen) atoms. The second-order valence-electron chi connectivity index (χ2n) is 6.57. The van der Waals surface area contributed by atoms with Gasteiger partial charge in [0.15, 0.2) is 11.5 Å². The van der Waals surface area contributed by atoms with E-state index in [4.69, 9.17) is 4.42 Å². The first-order chi connectivity index (χ1) is 13.0. The lowest BCUT2D eigenvalue weighted by Gasteiger charge is -2.32. The Morgan fingerprint density at radius 3 is 2.63 bits per heavy atom. The number of ketones is 1. The van der Waals surface area contributed by atoms with Gasteiger partial charge in [0.2, 0.25) is 5.91 Å². The third-order valence-corrected chi connectivity index (χ3v) is 4.55. The largest absolute Gasteiger partial charge is 0.459 e. The van der Waals surface area contributed by atoms with E-state index in [1.807, 2.05) is 0 Å². The van der Waals surface area contributed by atoms with E-state index in [0.29, 0.717) is 18.7 Å². The summed E-state index contributed by atoms with van der Waals surface area (Å²) in [5, 5.41) is 2.89. The third kappa shape index (κ3) is 5.03. The number of amides is 2. The number of furan rings is 1. The molecule has 0 radical (unpaired) electrons. The van der Waals surface area contributed by atoms with Gasteiger partial charge in [-0.3, -0.25) is 14.4 Å². The molecular formula is C20H21FN2O4. The van der Waals surface area contributed by atoms with Gasteiger partial charge in [-0.05, 0) is 49.2 Å². The van der Waals surface area contributed by atoms with Crippen LogP contribution < -0.4 is 5.32 Å². The van der Waals surface area contributed by atoms with Crippen molar-refractivity contribution in [3.63, 3.8) is 0 Å². The molecule has 1 saturated heterocycles. The average Bonchev–Trinajstić information content (AvgIpc) is 3.21. The quantitative estimate of drug-likeness (QED) is 0.791. The predicted molar refractivity (Wildman–Crippen MR) is 95.7 cm³/mol. The van der Waals surface area contributed by atoms with Crippen LogP contribution in [0, 0.1) is 5.82 Å². The Bertz CT molecular complexity index is 802. The SMILES string of the molecule is O=C(CCC(=O)c1ccc(F)cc1)NC1CCCN(C(=O)c2ccco2)C1. The number of rotatable bonds is 6. The van der Waals surface area contributed by atoms with Gasteiger partial charge >= 0.3 is 0 Å². The molecule has 1 aromatic heterocycles. The number of carbonyl (C=O) groups is 3. The highest BCUT2D eigenvalue weighted by atomic mass is 19.1. The van der Waals surface area contributed by atoms with Crippen LogP contribution in [-0.4, -0.2) is 41.6 Å². The Labute approximate surface area is 156 Å². The van der Waals surface area contributed by atoms with Crippen LogP contribution in [0.4, 0.5) is 4.39 Å². The number of nitrogens with zero attached hydrogens (tertiary/aromatic N) is 1. The van der Waals surface area contributed by atoms with Gasteiger partial charge in [0.05, 0.1) is 6.26 Å². The van der Waals surface area contributed by atoms with E-state index >= 15 is 0 Å². The molecule has 1 atom stereocenters. The van der Waals surface area contributed by atoms with Gasteiger partial charge in [0.1, 0.15) is 5.82 Å². The molecule has 3 rings (SSSR count). The summed E-state index contributed by atoms with van der Waals surface area (Å²) >= 11 is 0. The minimum Gasteiger partial charge on any atom is -0.459 e. The molecule has 0 spiro atoms. The van der Waals surface area contributed by atoms with Crippen LogP contribution in [-0.2, 0) is 4.79 Å². The third-order valence-electron chi connectivity index (χ3n) is 4.55. The molecule has 7 heteroatoms. The Kier molecular flexibility index (Phi) is 6.01. The predicted octanol–water partition coefficient (Wildman–Crippen LogP) is 2.80. The summed E-state index contributed by atoms with van der Waals surface area (Å²) in [6.07, 6.45) is 3.12. The minimum absolute atomic E-state index is 0.0544. The van der Waals surface area contributed by atoms with E-state index in [0.717, 1.165) is 12.8 Å². The number of likely N-dealkylation sites (tertiary alicyclic amines) is 1. The summed E-state index contributed by atoms with van der Waals surface area (Å²) in [5.74, 6) is -0.751. The van der Waals surface area contributed by atoms with Gasteiger partial charge in [-0.1, -0.05) is 0 Å². The number of nitrogens with one attached hydrogen (secondary N) is 1. The van der Waals surface area contributed by atoms with E-state index in [1.165, 1.54) is 30.5 Å².